The average Bonchev–Trinajstić information content (AvgIpc) is 3.09. The van der Waals surface area contributed by atoms with Crippen molar-refractivity contribution < 1.29 is 4.79 Å². The van der Waals surface area contributed by atoms with Crippen LogP contribution in [-0.2, 0) is 11.3 Å². The Balaban J connectivity index is 1.69. The number of hydrogen-bond acceptors (Lipinski definition) is 5. The molecule has 0 saturated carbocycles. The highest BCUT2D eigenvalue weighted by atomic mass is 32.2. The summed E-state index contributed by atoms with van der Waals surface area (Å²) in [6.07, 6.45) is 2.01. The molecule has 1 N–H and O–H groups in total. The van der Waals surface area contributed by atoms with E-state index in [4.69, 9.17) is 0 Å². The fourth-order valence-electron chi connectivity index (χ4n) is 2.73. The number of anilines is 1. The van der Waals surface area contributed by atoms with Gasteiger partial charge in [0, 0.05) is 22.7 Å². The molecule has 7 heteroatoms. The van der Waals surface area contributed by atoms with E-state index >= 15 is 0 Å². The largest absolute Gasteiger partial charge is 0.325 e. The molecule has 0 unspecified atom stereocenters. The van der Waals surface area contributed by atoms with Crippen LogP contribution in [0.4, 0.5) is 5.69 Å². The second-order valence-corrected chi connectivity index (χ2v) is 7.76. The molecule has 0 spiro atoms. The Hall–Kier alpha value is -2.25. The molecule has 140 valence electrons. The van der Waals surface area contributed by atoms with E-state index in [1.54, 1.807) is 11.8 Å². The Morgan fingerprint density at radius 3 is 2.70 bits per heavy atom. The van der Waals surface area contributed by atoms with E-state index in [0.29, 0.717) is 0 Å². The first kappa shape index (κ1) is 19.5. The van der Waals surface area contributed by atoms with Crippen LogP contribution in [0.25, 0.3) is 11.4 Å². The van der Waals surface area contributed by atoms with Gasteiger partial charge in [-0.3, -0.25) is 4.79 Å². The van der Waals surface area contributed by atoms with Crippen LogP contribution < -0.4 is 5.32 Å². The molecule has 5 nitrogen and oxygen atoms in total. The first-order valence-electron chi connectivity index (χ1n) is 8.68. The molecule has 1 aromatic heterocycles. The first-order valence-corrected chi connectivity index (χ1v) is 10.9. The lowest BCUT2D eigenvalue weighted by Crippen LogP contribution is -2.14. The Bertz CT molecular complexity index is 939. The number of thioether (sulfide) groups is 2. The average molecular weight is 399 g/mol. The van der Waals surface area contributed by atoms with Crippen molar-refractivity contribution in [3.8, 4) is 11.4 Å². The lowest BCUT2D eigenvalue weighted by molar-refractivity contribution is -0.113. The molecule has 27 heavy (non-hydrogen) atoms. The zero-order chi connectivity index (χ0) is 19.2. The summed E-state index contributed by atoms with van der Waals surface area (Å²) in [5.41, 5.74) is 3.03. The number of hydrogen-bond donors (Lipinski definition) is 1. The fourth-order valence-corrected chi connectivity index (χ4v) is 3.99. The molecule has 0 aliphatic carbocycles. The maximum Gasteiger partial charge on any atom is 0.234 e. The molecular formula is C20H22N4OS2. The molecule has 2 aromatic carbocycles. The zero-order valence-corrected chi connectivity index (χ0v) is 17.2. The second-order valence-electron chi connectivity index (χ2n) is 5.93. The molecule has 1 heterocycles. The third-order valence-electron chi connectivity index (χ3n) is 4.10. The van der Waals surface area contributed by atoms with Crippen molar-refractivity contribution in [1.29, 1.82) is 0 Å². The summed E-state index contributed by atoms with van der Waals surface area (Å²) < 4.78 is 2.05. The maximum absolute atomic E-state index is 12.3. The van der Waals surface area contributed by atoms with E-state index in [2.05, 4.69) is 40.0 Å². The van der Waals surface area contributed by atoms with Gasteiger partial charge in [-0.05, 0) is 43.9 Å². The summed E-state index contributed by atoms with van der Waals surface area (Å²) in [6, 6.07) is 15.9. The van der Waals surface area contributed by atoms with E-state index in [-0.39, 0.29) is 11.7 Å². The monoisotopic (exact) mass is 398 g/mol. The fraction of sp³-hybridized carbons (Fsp3) is 0.250. The summed E-state index contributed by atoms with van der Waals surface area (Å²) >= 11 is 3.05. The molecule has 0 radical (unpaired) electrons. The van der Waals surface area contributed by atoms with E-state index in [0.717, 1.165) is 39.2 Å². The first-order chi connectivity index (χ1) is 13.1. The quantitative estimate of drug-likeness (QED) is 0.583. The van der Waals surface area contributed by atoms with Gasteiger partial charge < -0.3 is 9.88 Å². The molecule has 0 saturated heterocycles. The third kappa shape index (κ3) is 4.73. The normalized spacial score (nSPS) is 10.8. The molecule has 0 bridgehead atoms. The van der Waals surface area contributed by atoms with E-state index in [1.807, 2.05) is 48.7 Å². The summed E-state index contributed by atoms with van der Waals surface area (Å²) in [7, 11) is 0. The Kier molecular flexibility index (Phi) is 6.58. The SMILES string of the molecule is CCn1c(SCC(=O)Nc2cccc(SC)c2)nnc1-c1ccccc1C. The van der Waals surface area contributed by atoms with Gasteiger partial charge in [0.2, 0.25) is 5.91 Å². The van der Waals surface area contributed by atoms with Crippen LogP contribution in [0.3, 0.4) is 0 Å². The van der Waals surface area contributed by atoms with Crippen LogP contribution in [0.15, 0.2) is 58.6 Å². The minimum Gasteiger partial charge on any atom is -0.325 e. The third-order valence-corrected chi connectivity index (χ3v) is 5.80. The summed E-state index contributed by atoms with van der Waals surface area (Å²) in [6.45, 7) is 4.87. The van der Waals surface area contributed by atoms with Crippen LogP contribution in [0.2, 0.25) is 0 Å². The van der Waals surface area contributed by atoms with Gasteiger partial charge in [0.1, 0.15) is 0 Å². The predicted octanol–water partition coefficient (Wildman–Crippen LogP) is 4.73. The zero-order valence-electron chi connectivity index (χ0n) is 15.6. The molecular weight excluding hydrogens is 376 g/mol. The highest BCUT2D eigenvalue weighted by Gasteiger charge is 2.15. The second kappa shape index (κ2) is 9.10. The van der Waals surface area contributed by atoms with Gasteiger partial charge in [-0.2, -0.15) is 0 Å². The smallest absolute Gasteiger partial charge is 0.234 e. The number of carbonyl (C=O) groups excluding carboxylic acids is 1. The Morgan fingerprint density at radius 2 is 1.96 bits per heavy atom. The number of nitrogens with one attached hydrogen (secondary N) is 1. The van der Waals surface area contributed by atoms with Gasteiger partial charge in [0.25, 0.3) is 0 Å². The number of nitrogens with zero attached hydrogens (tertiary/aromatic N) is 3. The van der Waals surface area contributed by atoms with Gasteiger partial charge in [-0.1, -0.05) is 42.1 Å². The topological polar surface area (TPSA) is 59.8 Å². The molecule has 0 aliphatic heterocycles. The van der Waals surface area contributed by atoms with Crippen LogP contribution in [0.1, 0.15) is 12.5 Å². The number of rotatable bonds is 7. The molecule has 1 amide bonds. The van der Waals surface area contributed by atoms with Crippen molar-refractivity contribution in [2.24, 2.45) is 0 Å². The lowest BCUT2D eigenvalue weighted by atomic mass is 10.1. The Morgan fingerprint density at radius 1 is 1.15 bits per heavy atom. The number of aromatic nitrogens is 3. The number of carbonyl (C=O) groups is 1. The van der Waals surface area contributed by atoms with Crippen molar-refractivity contribution in [3.05, 3.63) is 54.1 Å². The molecule has 0 aliphatic rings. The molecule has 3 aromatic rings. The minimum absolute atomic E-state index is 0.0543. The predicted molar refractivity (Wildman–Crippen MR) is 113 cm³/mol. The van der Waals surface area contributed by atoms with Crippen molar-refractivity contribution in [1.82, 2.24) is 14.8 Å². The number of aryl methyl sites for hydroxylation is 1. The highest BCUT2D eigenvalue weighted by Crippen LogP contribution is 2.26. The van der Waals surface area contributed by atoms with Crippen molar-refractivity contribution >= 4 is 35.1 Å². The maximum atomic E-state index is 12.3. The van der Waals surface area contributed by atoms with Gasteiger partial charge in [0.05, 0.1) is 5.75 Å². The van der Waals surface area contributed by atoms with Gasteiger partial charge in [-0.25, -0.2) is 0 Å². The molecule has 3 rings (SSSR count). The van der Waals surface area contributed by atoms with Crippen LogP contribution in [0.5, 0.6) is 0 Å². The van der Waals surface area contributed by atoms with Gasteiger partial charge >= 0.3 is 0 Å². The van der Waals surface area contributed by atoms with Crippen LogP contribution in [-0.4, -0.2) is 32.7 Å². The van der Waals surface area contributed by atoms with E-state index in [1.165, 1.54) is 11.8 Å². The molecule has 0 atom stereocenters. The summed E-state index contributed by atoms with van der Waals surface area (Å²) in [4.78, 5) is 13.4. The molecule has 0 fully saturated rings. The van der Waals surface area contributed by atoms with E-state index < -0.39 is 0 Å². The van der Waals surface area contributed by atoms with Gasteiger partial charge in [0.15, 0.2) is 11.0 Å². The van der Waals surface area contributed by atoms with Crippen molar-refractivity contribution in [2.45, 2.75) is 30.4 Å². The number of amides is 1. The lowest BCUT2D eigenvalue weighted by Gasteiger charge is -2.09. The van der Waals surface area contributed by atoms with Crippen LogP contribution in [0, 0.1) is 6.92 Å². The summed E-state index contributed by atoms with van der Waals surface area (Å²) in [5, 5.41) is 12.4. The standard InChI is InChI=1S/C20H22N4OS2/c1-4-24-19(17-11-6-5-8-14(17)2)22-23-20(24)27-13-18(25)21-15-9-7-10-16(12-15)26-3/h5-12H,4,13H2,1-3H3,(H,21,25). The van der Waals surface area contributed by atoms with Crippen molar-refractivity contribution in [2.75, 3.05) is 17.3 Å². The minimum atomic E-state index is -0.0543. The summed E-state index contributed by atoms with van der Waals surface area (Å²) in [5.74, 6) is 1.07. The van der Waals surface area contributed by atoms with Gasteiger partial charge in [-0.15, -0.1) is 22.0 Å². The van der Waals surface area contributed by atoms with E-state index in [9.17, 15) is 4.79 Å². The Labute approximate surface area is 168 Å². The van der Waals surface area contributed by atoms with Crippen molar-refractivity contribution in [3.63, 3.8) is 0 Å². The number of benzene rings is 2. The van der Waals surface area contributed by atoms with Crippen LogP contribution >= 0.6 is 23.5 Å². The highest BCUT2D eigenvalue weighted by molar-refractivity contribution is 7.99.